The maximum absolute atomic E-state index is 13.5. The Morgan fingerprint density at radius 2 is 1.67 bits per heavy atom. The fourth-order valence-corrected chi connectivity index (χ4v) is 3.63. The molecule has 0 bridgehead atoms. The topological polar surface area (TPSA) is 49.4 Å². The number of hydrogen-bond donors (Lipinski definition) is 1. The molecule has 2 aromatic rings. The second-order valence-electron chi connectivity index (χ2n) is 9.28. The minimum absolute atomic E-state index is 0.0267. The average molecular weight is 409 g/mol. The van der Waals surface area contributed by atoms with E-state index in [1.165, 1.54) is 0 Å². The molecule has 0 saturated carbocycles. The van der Waals surface area contributed by atoms with Crippen LogP contribution in [0.5, 0.6) is 0 Å². The molecule has 0 heterocycles. The van der Waals surface area contributed by atoms with Crippen molar-refractivity contribution in [1.82, 2.24) is 10.2 Å². The van der Waals surface area contributed by atoms with Crippen LogP contribution in [0, 0.1) is 20.8 Å². The van der Waals surface area contributed by atoms with E-state index in [1.54, 1.807) is 4.90 Å². The zero-order valence-corrected chi connectivity index (χ0v) is 19.5. The summed E-state index contributed by atoms with van der Waals surface area (Å²) in [5.41, 5.74) is 5.06. The highest BCUT2D eigenvalue weighted by Crippen LogP contribution is 2.18. The average Bonchev–Trinajstić information content (AvgIpc) is 2.63. The molecule has 30 heavy (non-hydrogen) atoms. The molecular formula is C26H36N2O2. The van der Waals surface area contributed by atoms with Crippen molar-refractivity contribution >= 4 is 11.8 Å². The maximum Gasteiger partial charge on any atom is 0.243 e. The molecule has 2 aromatic carbocycles. The van der Waals surface area contributed by atoms with Crippen molar-refractivity contribution < 1.29 is 9.59 Å². The summed E-state index contributed by atoms with van der Waals surface area (Å²) < 4.78 is 0. The van der Waals surface area contributed by atoms with Gasteiger partial charge in [-0.3, -0.25) is 9.59 Å². The van der Waals surface area contributed by atoms with Gasteiger partial charge in [0.1, 0.15) is 6.04 Å². The molecule has 0 aliphatic carbocycles. The highest BCUT2D eigenvalue weighted by atomic mass is 16.2. The van der Waals surface area contributed by atoms with Crippen LogP contribution in [0.3, 0.4) is 0 Å². The minimum Gasteiger partial charge on any atom is -0.350 e. The van der Waals surface area contributed by atoms with Crippen molar-refractivity contribution in [3.8, 4) is 0 Å². The van der Waals surface area contributed by atoms with Gasteiger partial charge in [0.15, 0.2) is 0 Å². The molecule has 4 heteroatoms. The van der Waals surface area contributed by atoms with Gasteiger partial charge >= 0.3 is 0 Å². The number of hydrogen-bond acceptors (Lipinski definition) is 2. The first-order valence-corrected chi connectivity index (χ1v) is 10.7. The fraction of sp³-hybridized carbons (Fsp3) is 0.462. The Kier molecular flexibility index (Phi) is 7.83. The summed E-state index contributed by atoms with van der Waals surface area (Å²) >= 11 is 0. The zero-order chi connectivity index (χ0) is 22.5. The number of nitrogens with one attached hydrogen (secondary N) is 1. The van der Waals surface area contributed by atoms with Crippen molar-refractivity contribution in [1.29, 1.82) is 0 Å². The standard InChI is InChI=1S/C26H36N2O2/c1-8-23(25(30)27-26(5,6)7)28(17-21-11-9-10-18(2)14-21)24(29)16-22-15-19(3)12-13-20(22)4/h9-15,23H,8,16-17H2,1-7H3,(H,27,30)/t23-/m1/s1. The molecule has 1 atom stereocenters. The van der Waals surface area contributed by atoms with Gasteiger partial charge in [0.05, 0.1) is 6.42 Å². The molecule has 4 nitrogen and oxygen atoms in total. The second kappa shape index (κ2) is 9.92. The molecule has 1 N–H and O–H groups in total. The summed E-state index contributed by atoms with van der Waals surface area (Å²) in [6, 6.07) is 13.8. The van der Waals surface area contributed by atoms with E-state index >= 15 is 0 Å². The van der Waals surface area contributed by atoms with E-state index in [0.717, 1.165) is 27.8 Å². The van der Waals surface area contributed by atoms with Gasteiger partial charge in [-0.1, -0.05) is 60.5 Å². The van der Waals surface area contributed by atoms with Crippen molar-refractivity contribution in [3.05, 3.63) is 70.3 Å². The van der Waals surface area contributed by atoms with Crippen LogP contribution in [0.4, 0.5) is 0 Å². The molecular weight excluding hydrogens is 372 g/mol. The molecule has 0 aliphatic rings. The van der Waals surface area contributed by atoms with Crippen molar-refractivity contribution in [3.63, 3.8) is 0 Å². The van der Waals surface area contributed by atoms with Crippen LogP contribution in [0.2, 0.25) is 0 Å². The van der Waals surface area contributed by atoms with Gasteiger partial charge in [-0.2, -0.15) is 0 Å². The van der Waals surface area contributed by atoms with Gasteiger partial charge < -0.3 is 10.2 Å². The first-order valence-electron chi connectivity index (χ1n) is 10.7. The number of carbonyl (C=O) groups is 2. The summed E-state index contributed by atoms with van der Waals surface area (Å²) in [5, 5.41) is 3.05. The SMILES string of the molecule is CC[C@H](C(=O)NC(C)(C)C)N(Cc1cccc(C)c1)C(=O)Cc1cc(C)ccc1C. The van der Waals surface area contributed by atoms with Crippen LogP contribution < -0.4 is 5.32 Å². The van der Waals surface area contributed by atoms with E-state index in [0.29, 0.717) is 19.4 Å². The third kappa shape index (κ3) is 6.72. The number of amides is 2. The van der Waals surface area contributed by atoms with Crippen LogP contribution in [0.1, 0.15) is 61.9 Å². The van der Waals surface area contributed by atoms with Gasteiger partial charge in [-0.15, -0.1) is 0 Å². The van der Waals surface area contributed by atoms with Gasteiger partial charge in [-0.25, -0.2) is 0 Å². The highest BCUT2D eigenvalue weighted by Gasteiger charge is 2.30. The smallest absolute Gasteiger partial charge is 0.243 e. The minimum atomic E-state index is -0.512. The Morgan fingerprint density at radius 1 is 1.00 bits per heavy atom. The number of rotatable bonds is 7. The van der Waals surface area contributed by atoms with Gasteiger partial charge in [0.2, 0.25) is 11.8 Å². The highest BCUT2D eigenvalue weighted by molar-refractivity contribution is 5.89. The number of nitrogens with zero attached hydrogens (tertiary/aromatic N) is 1. The monoisotopic (exact) mass is 408 g/mol. The molecule has 0 saturated heterocycles. The first-order chi connectivity index (χ1) is 14.0. The van der Waals surface area contributed by atoms with Crippen LogP contribution in [0.15, 0.2) is 42.5 Å². The van der Waals surface area contributed by atoms with E-state index in [-0.39, 0.29) is 17.4 Å². The number of carbonyl (C=O) groups excluding carboxylic acids is 2. The van der Waals surface area contributed by atoms with Crippen LogP contribution in [0.25, 0.3) is 0 Å². The summed E-state index contributed by atoms with van der Waals surface area (Å²) in [5.74, 6) is -0.131. The lowest BCUT2D eigenvalue weighted by molar-refractivity contribution is -0.141. The predicted molar refractivity (Wildman–Crippen MR) is 123 cm³/mol. The van der Waals surface area contributed by atoms with Gasteiger partial charge in [0, 0.05) is 12.1 Å². The van der Waals surface area contributed by atoms with Crippen molar-refractivity contribution in [2.45, 2.75) is 79.4 Å². The molecule has 0 radical (unpaired) electrons. The van der Waals surface area contributed by atoms with E-state index in [4.69, 9.17) is 0 Å². The summed E-state index contributed by atoms with van der Waals surface area (Å²) in [6.07, 6.45) is 0.852. The maximum atomic E-state index is 13.5. The Bertz CT molecular complexity index is 896. The summed E-state index contributed by atoms with van der Waals surface area (Å²) in [7, 11) is 0. The third-order valence-electron chi connectivity index (χ3n) is 5.17. The molecule has 2 rings (SSSR count). The largest absolute Gasteiger partial charge is 0.350 e. The Balaban J connectivity index is 2.36. The molecule has 0 fully saturated rings. The summed E-state index contributed by atoms with van der Waals surface area (Å²) in [6.45, 7) is 14.3. The van der Waals surface area contributed by atoms with E-state index in [9.17, 15) is 9.59 Å². The van der Waals surface area contributed by atoms with Gasteiger partial charge in [0.25, 0.3) is 0 Å². The quantitative estimate of drug-likeness (QED) is 0.710. The molecule has 0 aliphatic heterocycles. The van der Waals surface area contributed by atoms with Crippen molar-refractivity contribution in [2.24, 2.45) is 0 Å². The lowest BCUT2D eigenvalue weighted by atomic mass is 10.0. The molecule has 0 spiro atoms. The van der Waals surface area contributed by atoms with Gasteiger partial charge in [-0.05, 0) is 64.7 Å². The normalized spacial score (nSPS) is 12.4. The number of benzene rings is 2. The molecule has 2 amide bonds. The number of aryl methyl sites for hydroxylation is 3. The van der Waals surface area contributed by atoms with E-state index in [1.807, 2.05) is 72.7 Å². The first kappa shape index (κ1) is 23.7. The molecule has 162 valence electrons. The zero-order valence-electron chi connectivity index (χ0n) is 19.5. The van der Waals surface area contributed by atoms with Crippen LogP contribution in [-0.4, -0.2) is 28.3 Å². The van der Waals surface area contributed by atoms with E-state index < -0.39 is 6.04 Å². The second-order valence-corrected chi connectivity index (χ2v) is 9.28. The van der Waals surface area contributed by atoms with E-state index in [2.05, 4.69) is 23.5 Å². The predicted octanol–water partition coefficient (Wildman–Crippen LogP) is 4.88. The lowest BCUT2D eigenvalue weighted by Gasteiger charge is -2.33. The van der Waals surface area contributed by atoms with Crippen LogP contribution >= 0.6 is 0 Å². The van der Waals surface area contributed by atoms with Crippen molar-refractivity contribution in [2.75, 3.05) is 0 Å². The Morgan fingerprint density at radius 3 is 2.27 bits per heavy atom. The Labute approximate surface area is 181 Å². The fourth-order valence-electron chi connectivity index (χ4n) is 3.63. The Hall–Kier alpha value is -2.62. The van der Waals surface area contributed by atoms with Crippen LogP contribution in [-0.2, 0) is 22.6 Å². The molecule has 0 aromatic heterocycles. The third-order valence-corrected chi connectivity index (χ3v) is 5.17. The summed E-state index contributed by atoms with van der Waals surface area (Å²) in [4.78, 5) is 28.3. The molecule has 0 unspecified atom stereocenters. The lowest BCUT2D eigenvalue weighted by Crippen LogP contribution is -2.53.